The van der Waals surface area contributed by atoms with Gasteiger partial charge in [0.05, 0.1) is 6.04 Å². The molecule has 0 aliphatic heterocycles. The average molecular weight is 116 g/mol. The van der Waals surface area contributed by atoms with E-state index in [1.165, 1.54) is 0 Å². The van der Waals surface area contributed by atoms with Gasteiger partial charge >= 0.3 is 0 Å². The van der Waals surface area contributed by atoms with Crippen LogP contribution in [0.4, 0.5) is 0 Å². The molecule has 3 nitrogen and oxygen atoms in total. The van der Waals surface area contributed by atoms with Gasteiger partial charge in [0.2, 0.25) is 0 Å². The molecule has 3 N–H and O–H groups in total. The van der Waals surface area contributed by atoms with Crippen LogP contribution < -0.4 is 5.48 Å². The van der Waals surface area contributed by atoms with Crippen LogP contribution in [0.15, 0.2) is 0 Å². The molecular formula is C5H12N2O. The highest BCUT2D eigenvalue weighted by Crippen LogP contribution is 1.87. The SMILES string of the molecule is CCC(=N)C(C)NO. The highest BCUT2D eigenvalue weighted by molar-refractivity contribution is 5.85. The standard InChI is InChI=1S/C5H12N2O/c1-3-5(6)4(2)7-8/h4,6-8H,3H2,1-2H3. The summed E-state index contributed by atoms with van der Waals surface area (Å²) < 4.78 is 0. The van der Waals surface area contributed by atoms with Crippen LogP contribution in [0.5, 0.6) is 0 Å². The summed E-state index contributed by atoms with van der Waals surface area (Å²) in [5.74, 6) is 0. The van der Waals surface area contributed by atoms with Gasteiger partial charge in [-0.3, -0.25) is 0 Å². The van der Waals surface area contributed by atoms with Gasteiger partial charge in [0.25, 0.3) is 0 Å². The molecule has 1 unspecified atom stereocenters. The lowest BCUT2D eigenvalue weighted by molar-refractivity contribution is 0.155. The Kier molecular flexibility index (Phi) is 3.39. The summed E-state index contributed by atoms with van der Waals surface area (Å²) in [6, 6.07) is -0.194. The van der Waals surface area contributed by atoms with Crippen molar-refractivity contribution in [1.82, 2.24) is 5.48 Å². The lowest BCUT2D eigenvalue weighted by atomic mass is 10.2. The van der Waals surface area contributed by atoms with Gasteiger partial charge in [-0.1, -0.05) is 6.92 Å². The van der Waals surface area contributed by atoms with Crippen LogP contribution in [0.3, 0.4) is 0 Å². The first-order chi connectivity index (χ1) is 3.72. The molecular weight excluding hydrogens is 104 g/mol. The van der Waals surface area contributed by atoms with E-state index < -0.39 is 0 Å². The number of hydroxylamine groups is 1. The van der Waals surface area contributed by atoms with Crippen LogP contribution in [0.2, 0.25) is 0 Å². The molecule has 0 heterocycles. The quantitative estimate of drug-likeness (QED) is 0.377. The second-order valence-corrected chi connectivity index (χ2v) is 1.73. The molecule has 0 spiro atoms. The molecule has 0 saturated carbocycles. The van der Waals surface area contributed by atoms with Crippen LogP contribution >= 0.6 is 0 Å². The van der Waals surface area contributed by atoms with Gasteiger partial charge in [-0.05, 0) is 13.3 Å². The number of rotatable bonds is 3. The van der Waals surface area contributed by atoms with Crippen molar-refractivity contribution < 1.29 is 5.21 Å². The third-order valence-corrected chi connectivity index (χ3v) is 1.10. The van der Waals surface area contributed by atoms with Crippen LogP contribution in [-0.4, -0.2) is 17.0 Å². The van der Waals surface area contributed by atoms with E-state index in [4.69, 9.17) is 10.6 Å². The summed E-state index contributed by atoms with van der Waals surface area (Å²) in [4.78, 5) is 0. The van der Waals surface area contributed by atoms with Crippen molar-refractivity contribution in [1.29, 1.82) is 5.41 Å². The molecule has 3 heteroatoms. The Balaban J connectivity index is 3.46. The summed E-state index contributed by atoms with van der Waals surface area (Å²) in [6.07, 6.45) is 0.689. The highest BCUT2D eigenvalue weighted by Gasteiger charge is 2.01. The van der Waals surface area contributed by atoms with E-state index in [-0.39, 0.29) is 6.04 Å². The number of hydrogen-bond acceptors (Lipinski definition) is 3. The van der Waals surface area contributed by atoms with E-state index >= 15 is 0 Å². The minimum absolute atomic E-state index is 0.194. The van der Waals surface area contributed by atoms with Gasteiger partial charge in [0.1, 0.15) is 0 Å². The predicted molar refractivity (Wildman–Crippen MR) is 32.4 cm³/mol. The zero-order valence-electron chi connectivity index (χ0n) is 5.23. The Labute approximate surface area is 49.2 Å². The monoisotopic (exact) mass is 116 g/mol. The van der Waals surface area contributed by atoms with Crippen molar-refractivity contribution in [3.05, 3.63) is 0 Å². The lowest BCUT2D eigenvalue weighted by Gasteiger charge is -2.06. The molecule has 0 saturated heterocycles. The zero-order chi connectivity index (χ0) is 6.57. The molecule has 0 fully saturated rings. The fourth-order valence-electron chi connectivity index (χ4n) is 0.384. The number of hydrogen-bond donors (Lipinski definition) is 3. The Morgan fingerprint density at radius 1 is 1.88 bits per heavy atom. The van der Waals surface area contributed by atoms with Crippen LogP contribution in [-0.2, 0) is 0 Å². The van der Waals surface area contributed by atoms with Gasteiger partial charge in [-0.2, -0.15) is 5.48 Å². The molecule has 1 atom stereocenters. The van der Waals surface area contributed by atoms with Gasteiger partial charge < -0.3 is 10.6 Å². The highest BCUT2D eigenvalue weighted by atomic mass is 16.5. The molecule has 0 aromatic heterocycles. The average Bonchev–Trinajstić information content (AvgIpc) is 1.84. The van der Waals surface area contributed by atoms with Gasteiger partial charge in [-0.25, -0.2) is 0 Å². The molecule has 48 valence electrons. The first-order valence-electron chi connectivity index (χ1n) is 2.69. The van der Waals surface area contributed by atoms with E-state index in [9.17, 15) is 0 Å². The van der Waals surface area contributed by atoms with Crippen LogP contribution in [0.25, 0.3) is 0 Å². The topological polar surface area (TPSA) is 56.1 Å². The first kappa shape index (κ1) is 7.59. The molecule has 0 aliphatic rings. The van der Waals surface area contributed by atoms with Gasteiger partial charge in [0.15, 0.2) is 0 Å². The van der Waals surface area contributed by atoms with Crippen molar-refractivity contribution in [3.8, 4) is 0 Å². The Morgan fingerprint density at radius 3 is 2.50 bits per heavy atom. The maximum absolute atomic E-state index is 8.25. The van der Waals surface area contributed by atoms with Crippen molar-refractivity contribution in [2.45, 2.75) is 26.3 Å². The Bertz CT molecular complexity index is 82.5. The number of nitrogens with one attached hydrogen (secondary N) is 2. The minimum atomic E-state index is -0.194. The summed E-state index contributed by atoms with van der Waals surface area (Å²) in [5, 5.41) is 15.4. The lowest BCUT2D eigenvalue weighted by Crippen LogP contribution is -2.29. The molecule has 0 aromatic carbocycles. The summed E-state index contributed by atoms with van der Waals surface area (Å²) >= 11 is 0. The van der Waals surface area contributed by atoms with E-state index in [2.05, 4.69) is 0 Å². The fourth-order valence-corrected chi connectivity index (χ4v) is 0.384. The first-order valence-corrected chi connectivity index (χ1v) is 2.69. The van der Waals surface area contributed by atoms with E-state index in [1.807, 2.05) is 12.4 Å². The Hall–Kier alpha value is -0.410. The van der Waals surface area contributed by atoms with Gasteiger partial charge in [-0.15, -0.1) is 0 Å². The Morgan fingerprint density at radius 2 is 2.38 bits per heavy atom. The third kappa shape index (κ3) is 2.04. The summed E-state index contributed by atoms with van der Waals surface area (Å²) in [7, 11) is 0. The van der Waals surface area contributed by atoms with Crippen molar-refractivity contribution in [2.75, 3.05) is 0 Å². The van der Waals surface area contributed by atoms with E-state index in [1.54, 1.807) is 6.92 Å². The molecule has 0 amide bonds. The summed E-state index contributed by atoms with van der Waals surface area (Å²) in [6.45, 7) is 3.63. The molecule has 0 radical (unpaired) electrons. The predicted octanol–water partition coefficient (Wildman–Crippen LogP) is 0.783. The zero-order valence-corrected chi connectivity index (χ0v) is 5.23. The largest absolute Gasteiger partial charge is 0.316 e. The minimum Gasteiger partial charge on any atom is -0.316 e. The normalized spacial score (nSPS) is 13.4. The summed E-state index contributed by atoms with van der Waals surface area (Å²) in [5.41, 5.74) is 2.51. The molecule has 0 aliphatic carbocycles. The molecule has 8 heavy (non-hydrogen) atoms. The van der Waals surface area contributed by atoms with E-state index in [0.717, 1.165) is 0 Å². The molecule has 0 rings (SSSR count). The van der Waals surface area contributed by atoms with Crippen molar-refractivity contribution >= 4 is 5.71 Å². The van der Waals surface area contributed by atoms with Gasteiger partial charge in [0, 0.05) is 5.71 Å². The van der Waals surface area contributed by atoms with Crippen LogP contribution in [0.1, 0.15) is 20.3 Å². The van der Waals surface area contributed by atoms with Crippen molar-refractivity contribution in [2.24, 2.45) is 0 Å². The van der Waals surface area contributed by atoms with Crippen molar-refractivity contribution in [3.63, 3.8) is 0 Å². The maximum Gasteiger partial charge on any atom is 0.0666 e. The van der Waals surface area contributed by atoms with E-state index in [0.29, 0.717) is 12.1 Å². The molecule has 0 aromatic rings. The molecule has 0 bridgehead atoms. The second-order valence-electron chi connectivity index (χ2n) is 1.73. The second kappa shape index (κ2) is 3.57. The smallest absolute Gasteiger partial charge is 0.0666 e. The van der Waals surface area contributed by atoms with Crippen LogP contribution in [0, 0.1) is 5.41 Å². The maximum atomic E-state index is 8.25. The fraction of sp³-hybridized carbons (Fsp3) is 0.800. The third-order valence-electron chi connectivity index (χ3n) is 1.10.